The summed E-state index contributed by atoms with van der Waals surface area (Å²) < 4.78 is 18.5. The molecule has 5 aliphatic rings. The zero-order valence-electron chi connectivity index (χ0n) is 17.5. The highest BCUT2D eigenvalue weighted by Crippen LogP contribution is 2.67. The fourth-order valence-corrected chi connectivity index (χ4v) is 7.32. The van der Waals surface area contributed by atoms with Gasteiger partial charge in [0.25, 0.3) is 0 Å². The van der Waals surface area contributed by atoms with E-state index in [4.69, 9.17) is 14.2 Å². The second kappa shape index (κ2) is 5.46. The molecule has 1 saturated heterocycles. The normalized spacial score (nSPS) is 41.6. The molecule has 1 aromatic carbocycles. The smallest absolute Gasteiger partial charge is 0.203 e. The quantitative estimate of drug-likeness (QED) is 0.783. The molecule has 3 aliphatic carbocycles. The Bertz CT molecular complexity index is 926. The Balaban J connectivity index is 1.61. The molecule has 0 aromatic heterocycles. The molecule has 2 aliphatic heterocycles. The zero-order valence-corrected chi connectivity index (χ0v) is 17.5. The molecule has 2 bridgehead atoms. The minimum absolute atomic E-state index is 0.0765. The molecule has 2 saturated carbocycles. The average Bonchev–Trinajstić information content (AvgIpc) is 3.43. The first-order valence-electron chi connectivity index (χ1n) is 10.9. The van der Waals surface area contributed by atoms with Crippen LogP contribution in [0.5, 0.6) is 17.2 Å². The van der Waals surface area contributed by atoms with E-state index in [0.717, 1.165) is 47.5 Å². The molecule has 1 spiro atoms. The number of carbonyl (C=O) groups excluding carboxylic acids is 1. The summed E-state index contributed by atoms with van der Waals surface area (Å²) in [5, 5.41) is 12.4. The van der Waals surface area contributed by atoms with Crippen molar-refractivity contribution in [3.05, 3.63) is 17.2 Å². The largest absolute Gasteiger partial charge is 0.493 e. The number of quaternary nitrogens is 1. The van der Waals surface area contributed by atoms with Crippen molar-refractivity contribution in [1.29, 1.82) is 0 Å². The molecule has 1 N–H and O–H groups in total. The Morgan fingerprint density at radius 2 is 2.07 bits per heavy atom. The first-order chi connectivity index (χ1) is 13.9. The summed E-state index contributed by atoms with van der Waals surface area (Å²) in [6, 6.07) is 2.14. The molecule has 6 heteroatoms. The van der Waals surface area contributed by atoms with Crippen LogP contribution in [0.1, 0.15) is 43.2 Å². The van der Waals surface area contributed by atoms with Gasteiger partial charge in [-0.25, -0.2) is 0 Å². The van der Waals surface area contributed by atoms with Crippen molar-refractivity contribution in [3.63, 3.8) is 0 Å². The van der Waals surface area contributed by atoms with Crippen LogP contribution in [0.3, 0.4) is 0 Å². The minimum Gasteiger partial charge on any atom is -0.493 e. The number of aliphatic hydroxyl groups is 1. The molecular weight excluding hydrogens is 370 g/mol. The molecule has 6 nitrogen and oxygen atoms in total. The number of ether oxygens (including phenoxy) is 3. The SMILES string of the molecule is COc1cc2c3c(c1OC)O[C@H]1C(=O)CC[C@@]4(O)[C@H](C2)[N@@+](C)(CC2CC2)CC[C@]314. The van der Waals surface area contributed by atoms with Crippen molar-refractivity contribution in [1.82, 2.24) is 0 Å². The molecule has 3 fully saturated rings. The van der Waals surface area contributed by atoms with Crippen LogP contribution in [0, 0.1) is 5.92 Å². The molecule has 6 rings (SSSR count). The van der Waals surface area contributed by atoms with Gasteiger partial charge in [0.05, 0.1) is 39.8 Å². The summed E-state index contributed by atoms with van der Waals surface area (Å²) in [6.07, 6.45) is 4.46. The highest BCUT2D eigenvalue weighted by molar-refractivity contribution is 5.90. The number of hydrogen-bond donors (Lipinski definition) is 1. The maximum Gasteiger partial charge on any atom is 0.203 e. The molecule has 29 heavy (non-hydrogen) atoms. The minimum atomic E-state index is -0.925. The molecule has 0 radical (unpaired) electrons. The van der Waals surface area contributed by atoms with E-state index in [9.17, 15) is 9.90 Å². The number of likely N-dealkylation sites (N-methyl/N-ethyl adjacent to an activating group) is 1. The van der Waals surface area contributed by atoms with Gasteiger partial charge in [-0.15, -0.1) is 0 Å². The molecule has 5 atom stereocenters. The van der Waals surface area contributed by atoms with E-state index in [0.29, 0.717) is 30.1 Å². The number of carbonyl (C=O) groups is 1. The maximum atomic E-state index is 13.1. The van der Waals surface area contributed by atoms with Gasteiger partial charge in [0.15, 0.2) is 23.4 Å². The van der Waals surface area contributed by atoms with Crippen LogP contribution < -0.4 is 14.2 Å². The summed E-state index contributed by atoms with van der Waals surface area (Å²) in [7, 11) is 5.56. The van der Waals surface area contributed by atoms with E-state index >= 15 is 0 Å². The van der Waals surface area contributed by atoms with Crippen molar-refractivity contribution in [2.75, 3.05) is 34.4 Å². The van der Waals surface area contributed by atoms with Crippen molar-refractivity contribution < 1.29 is 28.6 Å². The number of hydrogen-bond acceptors (Lipinski definition) is 5. The Morgan fingerprint density at radius 1 is 1.28 bits per heavy atom. The van der Waals surface area contributed by atoms with Crippen LogP contribution >= 0.6 is 0 Å². The molecular formula is C23H30NO5+. The van der Waals surface area contributed by atoms with Crippen molar-refractivity contribution >= 4 is 5.78 Å². The first kappa shape index (κ1) is 18.0. The first-order valence-corrected chi connectivity index (χ1v) is 10.9. The van der Waals surface area contributed by atoms with Crippen LogP contribution in [0.2, 0.25) is 0 Å². The number of ketones is 1. The van der Waals surface area contributed by atoms with Gasteiger partial charge < -0.3 is 23.8 Å². The summed E-state index contributed by atoms with van der Waals surface area (Å²) in [5.74, 6) is 2.70. The number of piperidine rings is 1. The maximum absolute atomic E-state index is 13.1. The molecule has 156 valence electrons. The predicted octanol–water partition coefficient (Wildman–Crippen LogP) is 1.98. The van der Waals surface area contributed by atoms with Gasteiger partial charge in [0, 0.05) is 30.7 Å². The lowest BCUT2D eigenvalue weighted by Crippen LogP contribution is -2.80. The van der Waals surface area contributed by atoms with Crippen molar-refractivity contribution in [3.8, 4) is 17.2 Å². The number of rotatable bonds is 4. The Hall–Kier alpha value is -1.79. The van der Waals surface area contributed by atoms with Gasteiger partial charge in [0.1, 0.15) is 11.6 Å². The summed E-state index contributed by atoms with van der Waals surface area (Å²) in [5.41, 5.74) is 0.594. The fourth-order valence-electron chi connectivity index (χ4n) is 7.32. The lowest BCUT2D eigenvalue weighted by atomic mass is 9.48. The molecule has 2 heterocycles. The number of benzene rings is 1. The van der Waals surface area contributed by atoms with Crippen molar-refractivity contribution in [2.45, 2.75) is 61.7 Å². The van der Waals surface area contributed by atoms with Gasteiger partial charge in [-0.05, 0) is 30.9 Å². The van der Waals surface area contributed by atoms with Crippen LogP contribution in [0.25, 0.3) is 0 Å². The summed E-state index contributed by atoms with van der Waals surface area (Å²) in [6.45, 7) is 2.10. The molecule has 1 aromatic rings. The third kappa shape index (κ3) is 1.97. The third-order valence-electron chi connectivity index (χ3n) is 8.76. The van der Waals surface area contributed by atoms with Crippen molar-refractivity contribution in [2.24, 2.45) is 5.92 Å². The average molecular weight is 400 g/mol. The molecule has 0 unspecified atom stereocenters. The van der Waals surface area contributed by atoms with Crippen LogP contribution in [-0.2, 0) is 16.6 Å². The highest BCUT2D eigenvalue weighted by atomic mass is 16.5. The number of nitrogens with zero attached hydrogens (tertiary/aromatic N) is 1. The lowest BCUT2D eigenvalue weighted by Gasteiger charge is -2.64. The van der Waals surface area contributed by atoms with E-state index in [1.807, 2.05) is 0 Å². The van der Waals surface area contributed by atoms with Gasteiger partial charge in [-0.3, -0.25) is 4.79 Å². The van der Waals surface area contributed by atoms with E-state index in [1.54, 1.807) is 14.2 Å². The Labute approximate surface area is 171 Å². The molecule has 0 amide bonds. The standard InChI is InChI=1S/C23H30NO5/c1-24(12-13-4-5-13)9-8-22-18-14-10-16(27-2)19(28-3)20(18)29-21(22)15(25)6-7-23(22,26)17(24)11-14/h10,13,17,21,26H,4-9,11-12H2,1-3H3/q+1/t17-,21-,22-,23+,24+/m0/s1. The van der Waals surface area contributed by atoms with Gasteiger partial charge in [-0.1, -0.05) is 0 Å². The second-order valence-corrected chi connectivity index (χ2v) is 10.1. The summed E-state index contributed by atoms with van der Waals surface area (Å²) >= 11 is 0. The van der Waals surface area contributed by atoms with E-state index in [-0.39, 0.29) is 11.8 Å². The van der Waals surface area contributed by atoms with Gasteiger partial charge >= 0.3 is 0 Å². The zero-order chi connectivity index (χ0) is 20.2. The van der Waals surface area contributed by atoms with E-state index in [1.165, 1.54) is 12.8 Å². The highest BCUT2D eigenvalue weighted by Gasteiger charge is 2.76. The topological polar surface area (TPSA) is 65.0 Å². The Kier molecular flexibility index (Phi) is 3.40. The monoisotopic (exact) mass is 400 g/mol. The summed E-state index contributed by atoms with van der Waals surface area (Å²) in [4.78, 5) is 13.1. The third-order valence-corrected chi connectivity index (χ3v) is 8.76. The lowest BCUT2D eigenvalue weighted by molar-refractivity contribution is -0.950. The van der Waals surface area contributed by atoms with Gasteiger partial charge in [-0.2, -0.15) is 0 Å². The Morgan fingerprint density at radius 3 is 2.76 bits per heavy atom. The van der Waals surface area contributed by atoms with Crippen LogP contribution in [0.4, 0.5) is 0 Å². The number of methoxy groups -OCH3 is 2. The van der Waals surface area contributed by atoms with Crippen LogP contribution in [0.15, 0.2) is 6.07 Å². The predicted molar refractivity (Wildman–Crippen MR) is 106 cm³/mol. The number of likely N-dealkylation sites (tertiary alicyclic amines) is 1. The second-order valence-electron chi connectivity index (χ2n) is 10.1. The van der Waals surface area contributed by atoms with E-state index in [2.05, 4.69) is 13.1 Å². The number of Topliss-reactive ketones (excluding diaryl/α,β-unsaturated/α-hetero) is 1. The fraction of sp³-hybridized carbons (Fsp3) is 0.696. The van der Waals surface area contributed by atoms with Crippen LogP contribution in [-0.4, -0.2) is 67.5 Å². The van der Waals surface area contributed by atoms with Gasteiger partial charge in [0.2, 0.25) is 5.75 Å². The van der Waals surface area contributed by atoms with E-state index < -0.39 is 17.1 Å².